The van der Waals surface area contributed by atoms with Crippen molar-refractivity contribution in [2.24, 2.45) is 0 Å². The lowest BCUT2D eigenvalue weighted by Gasteiger charge is -2.23. The Labute approximate surface area is 167 Å². The highest BCUT2D eigenvalue weighted by atomic mass is 16.7. The standard InChI is InChI=1S/C25H27NO2/c1-20-9-11-22(12-10-20)17-26(15-5-8-21-6-3-2-4-7-21)18-23-13-14-24-25(16-23)28-19-27-24/h2-4,6-7,9-14,16H,5,8,15,17-19H2,1H3. The lowest BCUT2D eigenvalue weighted by Crippen LogP contribution is -2.24. The van der Waals surface area contributed by atoms with E-state index in [-0.39, 0.29) is 0 Å². The first-order valence-electron chi connectivity index (χ1n) is 9.97. The summed E-state index contributed by atoms with van der Waals surface area (Å²) in [6, 6.07) is 25.9. The molecule has 0 aromatic heterocycles. The summed E-state index contributed by atoms with van der Waals surface area (Å²) >= 11 is 0. The van der Waals surface area contributed by atoms with Gasteiger partial charge in [0.1, 0.15) is 0 Å². The molecule has 1 heterocycles. The van der Waals surface area contributed by atoms with E-state index in [1.165, 1.54) is 22.3 Å². The van der Waals surface area contributed by atoms with Crippen LogP contribution < -0.4 is 9.47 Å². The van der Waals surface area contributed by atoms with E-state index in [2.05, 4.69) is 78.6 Å². The summed E-state index contributed by atoms with van der Waals surface area (Å²) in [7, 11) is 0. The molecule has 3 aromatic rings. The van der Waals surface area contributed by atoms with Crippen LogP contribution in [0.25, 0.3) is 0 Å². The molecule has 3 heteroatoms. The van der Waals surface area contributed by atoms with Crippen molar-refractivity contribution in [3.8, 4) is 11.5 Å². The Morgan fingerprint density at radius 3 is 2.29 bits per heavy atom. The van der Waals surface area contributed by atoms with E-state index in [1.54, 1.807) is 0 Å². The smallest absolute Gasteiger partial charge is 0.231 e. The minimum absolute atomic E-state index is 0.322. The van der Waals surface area contributed by atoms with Crippen molar-refractivity contribution in [3.63, 3.8) is 0 Å². The average molecular weight is 373 g/mol. The lowest BCUT2D eigenvalue weighted by molar-refractivity contribution is 0.174. The summed E-state index contributed by atoms with van der Waals surface area (Å²) < 4.78 is 11.0. The fourth-order valence-electron chi connectivity index (χ4n) is 3.61. The Kier molecular flexibility index (Phi) is 5.93. The molecule has 0 radical (unpaired) electrons. The Hall–Kier alpha value is -2.78. The number of fused-ring (bicyclic) bond motifs is 1. The molecule has 0 N–H and O–H groups in total. The Balaban J connectivity index is 1.43. The van der Waals surface area contributed by atoms with Crippen LogP contribution in [0.5, 0.6) is 11.5 Å². The van der Waals surface area contributed by atoms with Crippen molar-refractivity contribution in [1.82, 2.24) is 4.90 Å². The molecule has 1 aliphatic rings. The van der Waals surface area contributed by atoms with Gasteiger partial charge in [0.05, 0.1) is 0 Å². The zero-order valence-corrected chi connectivity index (χ0v) is 16.4. The van der Waals surface area contributed by atoms with Crippen molar-refractivity contribution >= 4 is 0 Å². The fourth-order valence-corrected chi connectivity index (χ4v) is 3.61. The summed E-state index contributed by atoms with van der Waals surface area (Å²) in [5.41, 5.74) is 5.32. The van der Waals surface area contributed by atoms with Crippen molar-refractivity contribution < 1.29 is 9.47 Å². The van der Waals surface area contributed by atoms with Crippen molar-refractivity contribution in [3.05, 3.63) is 95.1 Å². The average Bonchev–Trinajstić information content (AvgIpc) is 3.18. The predicted octanol–water partition coefficient (Wildman–Crippen LogP) is 5.36. The molecule has 0 atom stereocenters. The maximum Gasteiger partial charge on any atom is 0.231 e. The highest BCUT2D eigenvalue weighted by Gasteiger charge is 2.15. The SMILES string of the molecule is Cc1ccc(CN(CCCc2ccccc2)Cc2ccc3c(c2)OCO3)cc1. The van der Waals surface area contributed by atoms with Gasteiger partial charge in [0.2, 0.25) is 6.79 Å². The normalized spacial score (nSPS) is 12.5. The molecule has 1 aliphatic heterocycles. The van der Waals surface area contributed by atoms with Gasteiger partial charge in [0, 0.05) is 13.1 Å². The van der Waals surface area contributed by atoms with Gasteiger partial charge in [-0.25, -0.2) is 0 Å². The topological polar surface area (TPSA) is 21.7 Å². The van der Waals surface area contributed by atoms with Gasteiger partial charge in [-0.05, 0) is 55.1 Å². The van der Waals surface area contributed by atoms with Crippen LogP contribution in [0.3, 0.4) is 0 Å². The molecule has 3 aromatic carbocycles. The van der Waals surface area contributed by atoms with Crippen molar-refractivity contribution in [2.45, 2.75) is 32.9 Å². The third kappa shape index (κ3) is 4.93. The molecule has 28 heavy (non-hydrogen) atoms. The number of rotatable bonds is 8. The molecule has 0 saturated carbocycles. The van der Waals surface area contributed by atoms with E-state index in [0.717, 1.165) is 44.0 Å². The fraction of sp³-hybridized carbons (Fsp3) is 0.280. The van der Waals surface area contributed by atoms with Crippen LogP contribution in [0.1, 0.15) is 28.7 Å². The van der Waals surface area contributed by atoms with Gasteiger partial charge in [0.15, 0.2) is 11.5 Å². The maximum atomic E-state index is 5.55. The summed E-state index contributed by atoms with van der Waals surface area (Å²) in [4.78, 5) is 2.52. The molecule has 0 fully saturated rings. The Morgan fingerprint density at radius 2 is 1.46 bits per heavy atom. The first kappa shape index (κ1) is 18.6. The molecule has 0 bridgehead atoms. The monoisotopic (exact) mass is 373 g/mol. The van der Waals surface area contributed by atoms with Crippen LogP contribution in [0, 0.1) is 6.92 Å². The van der Waals surface area contributed by atoms with Crippen LogP contribution in [-0.2, 0) is 19.5 Å². The van der Waals surface area contributed by atoms with Gasteiger partial charge >= 0.3 is 0 Å². The molecule has 4 rings (SSSR count). The highest BCUT2D eigenvalue weighted by molar-refractivity contribution is 5.44. The second-order valence-corrected chi connectivity index (χ2v) is 7.47. The molecule has 0 unspecified atom stereocenters. The zero-order valence-electron chi connectivity index (χ0n) is 16.4. The number of nitrogens with zero attached hydrogens (tertiary/aromatic N) is 1. The highest BCUT2D eigenvalue weighted by Crippen LogP contribution is 2.33. The van der Waals surface area contributed by atoms with E-state index in [4.69, 9.17) is 9.47 Å². The summed E-state index contributed by atoms with van der Waals surface area (Å²) in [6.07, 6.45) is 2.24. The van der Waals surface area contributed by atoms with Crippen LogP contribution in [0.4, 0.5) is 0 Å². The van der Waals surface area contributed by atoms with Gasteiger partial charge in [-0.3, -0.25) is 4.90 Å². The summed E-state index contributed by atoms with van der Waals surface area (Å²) in [5.74, 6) is 1.70. The quantitative estimate of drug-likeness (QED) is 0.531. The van der Waals surface area contributed by atoms with E-state index >= 15 is 0 Å². The van der Waals surface area contributed by atoms with Gasteiger partial charge in [-0.2, -0.15) is 0 Å². The second-order valence-electron chi connectivity index (χ2n) is 7.47. The van der Waals surface area contributed by atoms with Crippen molar-refractivity contribution in [1.29, 1.82) is 0 Å². The third-order valence-electron chi connectivity index (χ3n) is 5.15. The van der Waals surface area contributed by atoms with Crippen molar-refractivity contribution in [2.75, 3.05) is 13.3 Å². The summed E-state index contributed by atoms with van der Waals surface area (Å²) in [6.45, 7) is 5.36. The molecule has 0 amide bonds. The number of hydrogen-bond donors (Lipinski definition) is 0. The third-order valence-corrected chi connectivity index (χ3v) is 5.15. The number of aryl methyl sites for hydroxylation is 2. The molecule has 0 saturated heterocycles. The number of hydrogen-bond acceptors (Lipinski definition) is 3. The van der Waals surface area contributed by atoms with E-state index in [9.17, 15) is 0 Å². The minimum atomic E-state index is 0.322. The van der Waals surface area contributed by atoms with Crippen LogP contribution in [0.2, 0.25) is 0 Å². The number of benzene rings is 3. The van der Waals surface area contributed by atoms with E-state index in [1.807, 2.05) is 6.07 Å². The zero-order chi connectivity index (χ0) is 19.2. The lowest BCUT2D eigenvalue weighted by atomic mass is 10.1. The first-order valence-corrected chi connectivity index (χ1v) is 9.97. The predicted molar refractivity (Wildman–Crippen MR) is 113 cm³/mol. The van der Waals surface area contributed by atoms with Crippen LogP contribution >= 0.6 is 0 Å². The minimum Gasteiger partial charge on any atom is -0.454 e. The molecule has 0 spiro atoms. The van der Waals surface area contributed by atoms with Gasteiger partial charge in [0.25, 0.3) is 0 Å². The van der Waals surface area contributed by atoms with Gasteiger partial charge in [-0.15, -0.1) is 0 Å². The second kappa shape index (κ2) is 8.94. The van der Waals surface area contributed by atoms with Crippen LogP contribution in [-0.4, -0.2) is 18.2 Å². The van der Waals surface area contributed by atoms with Gasteiger partial charge < -0.3 is 9.47 Å². The number of ether oxygens (including phenoxy) is 2. The Bertz CT molecular complexity index is 890. The first-order chi connectivity index (χ1) is 13.8. The summed E-state index contributed by atoms with van der Waals surface area (Å²) in [5, 5.41) is 0. The van der Waals surface area contributed by atoms with Crippen LogP contribution in [0.15, 0.2) is 72.8 Å². The molecule has 0 aliphatic carbocycles. The van der Waals surface area contributed by atoms with E-state index < -0.39 is 0 Å². The van der Waals surface area contributed by atoms with Gasteiger partial charge in [-0.1, -0.05) is 66.2 Å². The Morgan fingerprint density at radius 1 is 0.750 bits per heavy atom. The maximum absolute atomic E-state index is 5.55. The largest absolute Gasteiger partial charge is 0.454 e. The molecular formula is C25H27NO2. The molecular weight excluding hydrogens is 346 g/mol. The molecule has 144 valence electrons. The van der Waals surface area contributed by atoms with E-state index in [0.29, 0.717) is 6.79 Å². The molecule has 3 nitrogen and oxygen atoms in total.